The molecule has 2 atom stereocenters. The minimum absolute atomic E-state index is 0.0161. The molecule has 1 aliphatic rings. The van der Waals surface area contributed by atoms with Gasteiger partial charge in [0.15, 0.2) is 0 Å². The Hall–Kier alpha value is -0.790. The van der Waals surface area contributed by atoms with E-state index in [1.165, 1.54) is 0 Å². The zero-order valence-electron chi connectivity index (χ0n) is 14.1. The van der Waals surface area contributed by atoms with Gasteiger partial charge in [-0.1, -0.05) is 12.1 Å². The summed E-state index contributed by atoms with van der Waals surface area (Å²) in [5.74, 6) is 0. The molecule has 6 heteroatoms. The van der Waals surface area contributed by atoms with E-state index in [-0.39, 0.29) is 30.6 Å². The molecule has 2 rings (SSSR count). The first-order chi connectivity index (χ1) is 10.8. The van der Waals surface area contributed by atoms with Gasteiger partial charge in [0, 0.05) is 19.8 Å². The Morgan fingerprint density at radius 2 is 1.91 bits per heavy atom. The maximum absolute atomic E-state index is 12.9. The molecule has 0 aliphatic carbocycles. The molecule has 0 amide bonds. The Bertz CT molecular complexity index is 583. The summed E-state index contributed by atoms with van der Waals surface area (Å²) in [6, 6.07) is 3.73. The van der Waals surface area contributed by atoms with Crippen LogP contribution >= 0.6 is 0 Å². The zero-order valence-corrected chi connectivity index (χ0v) is 14.9. The van der Waals surface area contributed by atoms with E-state index in [0.717, 1.165) is 22.3 Å². The average Bonchev–Trinajstić information content (AvgIpc) is 2.84. The van der Waals surface area contributed by atoms with E-state index in [4.69, 9.17) is 0 Å². The van der Waals surface area contributed by atoms with Crippen LogP contribution in [0, 0.1) is 0 Å². The summed E-state index contributed by atoms with van der Waals surface area (Å²) < 4.78 is 14.5. The number of benzene rings is 1. The number of hydrogen-bond donors (Lipinski definition) is 3. The summed E-state index contributed by atoms with van der Waals surface area (Å²) in [5.41, 5.74) is 3.87. The van der Waals surface area contributed by atoms with Gasteiger partial charge >= 0.3 is 0 Å². The first-order valence-corrected chi connectivity index (χ1v) is 9.10. The third-order valence-electron chi connectivity index (χ3n) is 4.12. The van der Waals surface area contributed by atoms with E-state index in [1.54, 1.807) is 0 Å². The predicted molar refractivity (Wildman–Crippen MR) is 91.0 cm³/mol. The first kappa shape index (κ1) is 18.5. The summed E-state index contributed by atoms with van der Waals surface area (Å²) in [6.45, 7) is 6.34. The maximum Gasteiger partial charge on any atom is 0.101 e. The van der Waals surface area contributed by atoms with E-state index in [0.29, 0.717) is 19.4 Å². The van der Waals surface area contributed by atoms with Crippen LogP contribution in [0.4, 0.5) is 0 Å². The number of hydrogen-bond acceptors (Lipinski definition) is 4. The summed E-state index contributed by atoms with van der Waals surface area (Å²) >= 11 is 0. The summed E-state index contributed by atoms with van der Waals surface area (Å²) in [6.07, 6.45) is 1.000. The monoisotopic (exact) mass is 341 g/mol. The van der Waals surface area contributed by atoms with Gasteiger partial charge < -0.3 is 15.3 Å². The van der Waals surface area contributed by atoms with E-state index in [2.05, 4.69) is 0 Å². The number of fused-ring (bicyclic) bond motifs is 1. The fraction of sp³-hybridized carbons (Fsp3) is 0.647. The fourth-order valence-electron chi connectivity index (χ4n) is 3.19. The maximum atomic E-state index is 12.9. The average molecular weight is 341 g/mol. The van der Waals surface area contributed by atoms with Crippen LogP contribution < -0.4 is 0 Å². The van der Waals surface area contributed by atoms with Crippen molar-refractivity contribution in [1.82, 2.24) is 4.31 Å². The molecule has 0 saturated carbocycles. The Morgan fingerprint density at radius 1 is 1.22 bits per heavy atom. The number of rotatable bonds is 6. The van der Waals surface area contributed by atoms with E-state index in [1.807, 2.05) is 37.2 Å². The molecule has 0 fully saturated rings. The molecule has 0 spiro atoms. The Balaban J connectivity index is 2.49. The molecule has 0 aromatic heterocycles. The fourth-order valence-corrected chi connectivity index (χ4v) is 4.59. The normalized spacial score (nSPS) is 19.8. The third-order valence-corrected chi connectivity index (χ3v) is 5.98. The summed E-state index contributed by atoms with van der Waals surface area (Å²) in [7, 11) is -1.19. The van der Waals surface area contributed by atoms with E-state index < -0.39 is 11.0 Å². The van der Waals surface area contributed by atoms with Crippen molar-refractivity contribution in [2.75, 3.05) is 13.2 Å². The van der Waals surface area contributed by atoms with Gasteiger partial charge in [0.2, 0.25) is 0 Å². The van der Waals surface area contributed by atoms with Crippen LogP contribution in [-0.4, -0.2) is 41.8 Å². The second-order valence-electron chi connectivity index (χ2n) is 6.92. The lowest BCUT2D eigenvalue weighted by molar-refractivity contribution is 0.237. The van der Waals surface area contributed by atoms with Crippen molar-refractivity contribution in [1.29, 1.82) is 0 Å². The number of nitrogens with zero attached hydrogens (tertiary/aromatic N) is 1. The van der Waals surface area contributed by atoms with Crippen molar-refractivity contribution in [2.24, 2.45) is 0 Å². The molecular formula is C17H27NO4S. The standard InChI is InChI=1S/C17H27NO4S/c1-17(2,3)23(22)18-10-14-9-12(11-21)8-13(4-6-19)16(14)15(18)5-7-20/h8-9,15,19-21H,4-7,10-11H2,1-3H3/t15-,23?/m0/s1. The van der Waals surface area contributed by atoms with Crippen LogP contribution in [0.3, 0.4) is 0 Å². The van der Waals surface area contributed by atoms with Gasteiger partial charge in [0.1, 0.15) is 11.0 Å². The lowest BCUT2D eigenvalue weighted by atomic mass is 9.93. The summed E-state index contributed by atoms with van der Waals surface area (Å²) in [4.78, 5) is 0. The molecule has 0 radical (unpaired) electrons. The molecule has 130 valence electrons. The van der Waals surface area contributed by atoms with Gasteiger partial charge in [-0.25, -0.2) is 8.51 Å². The van der Waals surface area contributed by atoms with Crippen molar-refractivity contribution in [3.05, 3.63) is 34.4 Å². The van der Waals surface area contributed by atoms with Crippen LogP contribution in [0.1, 0.15) is 55.5 Å². The topological polar surface area (TPSA) is 81.0 Å². The molecule has 1 aromatic rings. The lowest BCUT2D eigenvalue weighted by Crippen LogP contribution is -2.37. The lowest BCUT2D eigenvalue weighted by Gasteiger charge is -2.30. The van der Waals surface area contributed by atoms with Crippen molar-refractivity contribution in [3.8, 4) is 0 Å². The van der Waals surface area contributed by atoms with Crippen LogP contribution in [0.25, 0.3) is 0 Å². The molecule has 5 nitrogen and oxygen atoms in total. The van der Waals surface area contributed by atoms with Crippen LogP contribution in [-0.2, 0) is 30.6 Å². The first-order valence-electron chi connectivity index (χ1n) is 7.99. The second-order valence-corrected chi connectivity index (χ2v) is 9.12. The van der Waals surface area contributed by atoms with Crippen LogP contribution in [0.15, 0.2) is 12.1 Å². The molecular weight excluding hydrogens is 314 g/mol. The number of aliphatic hydroxyl groups excluding tert-OH is 3. The zero-order chi connectivity index (χ0) is 17.2. The minimum Gasteiger partial charge on any atom is -0.396 e. The van der Waals surface area contributed by atoms with Crippen LogP contribution in [0.5, 0.6) is 0 Å². The highest BCUT2D eigenvalue weighted by molar-refractivity contribution is 7.84. The van der Waals surface area contributed by atoms with E-state index >= 15 is 0 Å². The second kappa shape index (κ2) is 7.40. The van der Waals surface area contributed by atoms with Gasteiger partial charge in [-0.05, 0) is 55.9 Å². The molecule has 1 aromatic carbocycles. The largest absolute Gasteiger partial charge is 0.396 e. The Kier molecular flexibility index (Phi) is 5.97. The highest BCUT2D eigenvalue weighted by Crippen LogP contribution is 2.41. The van der Waals surface area contributed by atoms with Gasteiger partial charge in [-0.2, -0.15) is 0 Å². The van der Waals surface area contributed by atoms with Gasteiger partial charge in [-0.15, -0.1) is 0 Å². The Morgan fingerprint density at radius 3 is 2.43 bits per heavy atom. The van der Waals surface area contributed by atoms with Crippen LogP contribution in [0.2, 0.25) is 0 Å². The quantitative estimate of drug-likeness (QED) is 0.731. The van der Waals surface area contributed by atoms with E-state index in [9.17, 15) is 19.5 Å². The van der Waals surface area contributed by atoms with Crippen molar-refractivity contribution in [2.45, 2.75) is 57.6 Å². The Labute approximate surface area is 140 Å². The summed E-state index contributed by atoms with van der Waals surface area (Å²) in [5, 5.41) is 28.3. The minimum atomic E-state index is -1.19. The van der Waals surface area contributed by atoms with Crippen molar-refractivity contribution >= 4 is 11.0 Å². The van der Waals surface area contributed by atoms with Gasteiger partial charge in [0.05, 0.1) is 17.4 Å². The van der Waals surface area contributed by atoms with Crippen molar-refractivity contribution in [3.63, 3.8) is 0 Å². The van der Waals surface area contributed by atoms with Gasteiger partial charge in [0.25, 0.3) is 0 Å². The number of aliphatic hydroxyl groups is 3. The molecule has 1 heterocycles. The third kappa shape index (κ3) is 3.83. The molecule has 23 heavy (non-hydrogen) atoms. The predicted octanol–water partition coefficient (Wildman–Crippen LogP) is 1.42. The van der Waals surface area contributed by atoms with Crippen molar-refractivity contribution < 1.29 is 19.5 Å². The highest BCUT2D eigenvalue weighted by Gasteiger charge is 2.39. The molecule has 1 unspecified atom stereocenters. The highest BCUT2D eigenvalue weighted by atomic mass is 32.2. The van der Waals surface area contributed by atoms with Gasteiger partial charge in [-0.3, -0.25) is 0 Å². The SMILES string of the molecule is CC(C)(C)S(=O)N1Cc2cc(CO)cc(CCO)c2[C@@H]1CCO. The molecule has 1 aliphatic heterocycles. The molecule has 0 saturated heterocycles. The molecule has 0 bridgehead atoms. The smallest absolute Gasteiger partial charge is 0.101 e. The molecule has 3 N–H and O–H groups in total.